The first-order chi connectivity index (χ1) is 15.2. The zero-order valence-electron chi connectivity index (χ0n) is 20.9. The summed E-state index contributed by atoms with van der Waals surface area (Å²) >= 11 is 0. The van der Waals surface area contributed by atoms with Crippen LogP contribution in [0.2, 0.25) is 0 Å². The Kier molecular flexibility index (Phi) is 10.5. The lowest BCUT2D eigenvalue weighted by atomic mass is 10.0. The van der Waals surface area contributed by atoms with Gasteiger partial charge in [-0.2, -0.15) is 0 Å². The number of hydrogen-bond acceptors (Lipinski definition) is 6. The van der Waals surface area contributed by atoms with E-state index in [1.165, 1.54) is 0 Å². The Morgan fingerprint density at radius 2 is 1.30 bits per heavy atom. The van der Waals surface area contributed by atoms with Crippen LogP contribution in [0.4, 0.5) is 15.3 Å². The van der Waals surface area contributed by atoms with E-state index in [1.54, 1.807) is 48.5 Å². The summed E-state index contributed by atoms with van der Waals surface area (Å²) in [5, 5.41) is 14.6. The van der Waals surface area contributed by atoms with Crippen LogP contribution in [-0.4, -0.2) is 60.6 Å². The van der Waals surface area contributed by atoms with Crippen molar-refractivity contribution in [1.29, 1.82) is 0 Å². The van der Waals surface area contributed by atoms with Gasteiger partial charge >= 0.3 is 18.2 Å². The number of amides is 2. The molecule has 0 saturated heterocycles. The maximum Gasteiger partial charge on any atom is 0.407 e. The summed E-state index contributed by atoms with van der Waals surface area (Å²) in [5.74, 6) is -1.30. The third-order valence-electron chi connectivity index (χ3n) is 4.36. The van der Waals surface area contributed by atoms with Gasteiger partial charge in [0.2, 0.25) is 0 Å². The van der Waals surface area contributed by atoms with Crippen molar-refractivity contribution in [2.24, 2.45) is 5.92 Å². The number of anilines is 1. The topological polar surface area (TPSA) is 117 Å². The minimum Gasteiger partial charge on any atom is -0.481 e. The highest BCUT2D eigenvalue weighted by Gasteiger charge is 2.18. The lowest BCUT2D eigenvalue weighted by Crippen LogP contribution is -2.41. The van der Waals surface area contributed by atoms with E-state index >= 15 is 0 Å². The molecule has 0 saturated carbocycles. The van der Waals surface area contributed by atoms with Crippen LogP contribution < -0.4 is 15.5 Å². The van der Waals surface area contributed by atoms with Crippen LogP contribution in [0.1, 0.15) is 54.0 Å². The second kappa shape index (κ2) is 12.3. The smallest absolute Gasteiger partial charge is 0.407 e. The van der Waals surface area contributed by atoms with Crippen LogP contribution in [0.25, 0.3) is 0 Å². The maximum absolute atomic E-state index is 11.9. The van der Waals surface area contributed by atoms with Gasteiger partial charge in [-0.1, -0.05) is 19.1 Å². The highest BCUT2D eigenvalue weighted by molar-refractivity contribution is 5.70. The molecular weight excluding hydrogens is 426 g/mol. The Balaban J connectivity index is 2.76. The van der Waals surface area contributed by atoms with Crippen molar-refractivity contribution >= 4 is 23.8 Å². The van der Waals surface area contributed by atoms with Crippen LogP contribution >= 0.6 is 0 Å². The van der Waals surface area contributed by atoms with Crippen molar-refractivity contribution in [3.05, 3.63) is 29.8 Å². The van der Waals surface area contributed by atoms with Crippen molar-refractivity contribution in [2.75, 3.05) is 31.1 Å². The zero-order chi connectivity index (χ0) is 25.2. The Morgan fingerprint density at radius 3 is 1.67 bits per heavy atom. The van der Waals surface area contributed by atoms with Crippen LogP contribution in [-0.2, 0) is 20.7 Å². The number of nitrogens with zero attached hydrogens (tertiary/aromatic N) is 1. The van der Waals surface area contributed by atoms with Crippen LogP contribution in [0, 0.1) is 5.92 Å². The fourth-order valence-electron chi connectivity index (χ4n) is 2.87. The van der Waals surface area contributed by atoms with Gasteiger partial charge in [0.15, 0.2) is 0 Å². The number of carboxylic acids is 1. The molecule has 1 atom stereocenters. The first-order valence-electron chi connectivity index (χ1n) is 11.2. The summed E-state index contributed by atoms with van der Waals surface area (Å²) in [4.78, 5) is 37.0. The van der Waals surface area contributed by atoms with Gasteiger partial charge in [0.1, 0.15) is 11.2 Å². The number of hydrogen-bond donors (Lipinski definition) is 3. The third kappa shape index (κ3) is 12.6. The molecule has 0 aliphatic carbocycles. The highest BCUT2D eigenvalue weighted by atomic mass is 16.6. The van der Waals surface area contributed by atoms with Crippen molar-refractivity contribution in [1.82, 2.24) is 10.6 Å². The van der Waals surface area contributed by atoms with Gasteiger partial charge in [-0.25, -0.2) is 9.59 Å². The zero-order valence-corrected chi connectivity index (χ0v) is 20.9. The van der Waals surface area contributed by atoms with Crippen LogP contribution in [0.3, 0.4) is 0 Å². The van der Waals surface area contributed by atoms with E-state index in [9.17, 15) is 14.4 Å². The largest absolute Gasteiger partial charge is 0.481 e. The first kappa shape index (κ1) is 28.1. The molecule has 0 aromatic heterocycles. The molecule has 9 heteroatoms. The first-order valence-corrected chi connectivity index (χ1v) is 11.2. The average molecular weight is 466 g/mol. The molecule has 0 aliphatic rings. The molecule has 0 heterocycles. The molecule has 0 aliphatic heterocycles. The molecular formula is C24H39N3O6. The monoisotopic (exact) mass is 465 g/mol. The Morgan fingerprint density at radius 1 is 0.879 bits per heavy atom. The van der Waals surface area contributed by atoms with E-state index in [2.05, 4.69) is 10.6 Å². The molecule has 0 bridgehead atoms. The Bertz CT molecular complexity index is 747. The number of benzene rings is 1. The van der Waals surface area contributed by atoms with Gasteiger partial charge in [-0.05, 0) is 65.7 Å². The molecule has 0 radical (unpaired) electrons. The van der Waals surface area contributed by atoms with Crippen molar-refractivity contribution in [2.45, 2.75) is 66.1 Å². The van der Waals surface area contributed by atoms with Crippen molar-refractivity contribution in [3.63, 3.8) is 0 Å². The van der Waals surface area contributed by atoms with Gasteiger partial charge in [0, 0.05) is 31.9 Å². The summed E-state index contributed by atoms with van der Waals surface area (Å²) < 4.78 is 10.5. The van der Waals surface area contributed by atoms with Gasteiger partial charge in [0.05, 0.1) is 5.92 Å². The third-order valence-corrected chi connectivity index (χ3v) is 4.36. The minimum atomic E-state index is -0.831. The fourth-order valence-corrected chi connectivity index (χ4v) is 2.87. The molecule has 33 heavy (non-hydrogen) atoms. The van der Waals surface area contributed by atoms with E-state index in [-0.39, 0.29) is 0 Å². The molecule has 9 nitrogen and oxygen atoms in total. The number of carbonyl (C=O) groups is 3. The standard InChI is InChI=1S/C24H39N3O6/c1-17(20(28)29)16-18-8-10-19(11-9-18)27(14-12-25-21(30)32-23(2,3)4)15-13-26-22(31)33-24(5,6)7/h8-11,17H,12-16H2,1-7H3,(H,25,30)(H,26,31)(H,28,29). The average Bonchev–Trinajstić information content (AvgIpc) is 2.64. The molecule has 0 spiro atoms. The van der Waals surface area contributed by atoms with E-state index in [1.807, 2.05) is 29.2 Å². The number of ether oxygens (including phenoxy) is 2. The molecule has 1 rings (SSSR count). The number of alkyl carbamates (subject to hydrolysis) is 2. The predicted molar refractivity (Wildman–Crippen MR) is 128 cm³/mol. The molecule has 2 amide bonds. The number of nitrogens with one attached hydrogen (secondary N) is 2. The van der Waals surface area contributed by atoms with E-state index in [0.717, 1.165) is 11.3 Å². The van der Waals surface area contributed by atoms with Gasteiger partial charge in [-0.15, -0.1) is 0 Å². The van der Waals surface area contributed by atoms with Gasteiger partial charge < -0.3 is 30.1 Å². The van der Waals surface area contributed by atoms with Gasteiger partial charge in [0.25, 0.3) is 0 Å². The lowest BCUT2D eigenvalue weighted by molar-refractivity contribution is -0.141. The second-order valence-electron chi connectivity index (χ2n) is 9.95. The van der Waals surface area contributed by atoms with Crippen molar-refractivity contribution in [3.8, 4) is 0 Å². The van der Waals surface area contributed by atoms with Crippen molar-refractivity contribution < 1.29 is 29.0 Å². The molecule has 1 unspecified atom stereocenters. The van der Waals surface area contributed by atoms with Gasteiger partial charge in [-0.3, -0.25) is 4.79 Å². The number of rotatable bonds is 10. The summed E-state index contributed by atoms with van der Waals surface area (Å²) in [6, 6.07) is 7.60. The molecule has 1 aromatic carbocycles. The summed E-state index contributed by atoms with van der Waals surface area (Å²) in [6.45, 7) is 14.1. The van der Waals surface area contributed by atoms with Crippen LogP contribution in [0.5, 0.6) is 0 Å². The second-order valence-corrected chi connectivity index (χ2v) is 9.95. The molecule has 0 fully saturated rings. The quantitative estimate of drug-likeness (QED) is 0.481. The number of carbonyl (C=O) groups excluding carboxylic acids is 2. The Labute approximate surface area is 196 Å². The molecule has 186 valence electrons. The fraction of sp³-hybridized carbons (Fsp3) is 0.625. The SMILES string of the molecule is CC(Cc1ccc(N(CCNC(=O)OC(C)(C)C)CCNC(=O)OC(C)(C)C)cc1)C(=O)O. The number of aliphatic carboxylic acids is 1. The Hall–Kier alpha value is -2.97. The van der Waals surface area contributed by atoms with E-state index in [4.69, 9.17) is 14.6 Å². The van der Waals surface area contributed by atoms with E-state index in [0.29, 0.717) is 32.6 Å². The summed E-state index contributed by atoms with van der Waals surface area (Å²) in [5.41, 5.74) is 0.652. The maximum atomic E-state index is 11.9. The lowest BCUT2D eigenvalue weighted by Gasteiger charge is -2.26. The highest BCUT2D eigenvalue weighted by Crippen LogP contribution is 2.17. The normalized spacial score (nSPS) is 12.5. The van der Waals surface area contributed by atoms with E-state index < -0.39 is 35.3 Å². The molecule has 3 N–H and O–H groups in total. The summed E-state index contributed by atoms with van der Waals surface area (Å²) in [6.07, 6.45) is -0.546. The molecule has 1 aromatic rings. The number of carboxylic acid groups (broad SMARTS) is 1. The van der Waals surface area contributed by atoms with Crippen LogP contribution in [0.15, 0.2) is 24.3 Å². The minimum absolute atomic E-state index is 0.346. The summed E-state index contributed by atoms with van der Waals surface area (Å²) in [7, 11) is 0. The predicted octanol–water partition coefficient (Wildman–Crippen LogP) is 3.81.